The number of hydrogen-bond acceptors (Lipinski definition) is 2. The minimum Gasteiger partial charge on any atom is -0.497 e. The second kappa shape index (κ2) is 5.76. The van der Waals surface area contributed by atoms with Gasteiger partial charge < -0.3 is 9.84 Å². The molecular formula is C16H17BrO2. The summed E-state index contributed by atoms with van der Waals surface area (Å²) in [6.45, 7) is 4.00. The second-order valence-corrected chi connectivity index (χ2v) is 5.49. The molecule has 2 aromatic carbocycles. The molecule has 0 aliphatic carbocycles. The van der Waals surface area contributed by atoms with Crippen LogP contribution in [0.2, 0.25) is 0 Å². The minimum absolute atomic E-state index is 0.622. The lowest BCUT2D eigenvalue weighted by molar-refractivity contribution is 0.219. The first-order valence-corrected chi connectivity index (χ1v) is 6.91. The zero-order valence-electron chi connectivity index (χ0n) is 11.3. The molecule has 3 heteroatoms. The molecule has 19 heavy (non-hydrogen) atoms. The number of benzene rings is 2. The van der Waals surface area contributed by atoms with Gasteiger partial charge in [-0.15, -0.1) is 0 Å². The summed E-state index contributed by atoms with van der Waals surface area (Å²) in [5, 5.41) is 10.5. The third kappa shape index (κ3) is 2.99. The topological polar surface area (TPSA) is 29.5 Å². The van der Waals surface area contributed by atoms with Crippen molar-refractivity contribution in [2.45, 2.75) is 20.0 Å². The van der Waals surface area contributed by atoms with E-state index in [1.54, 1.807) is 7.11 Å². The van der Waals surface area contributed by atoms with Crippen LogP contribution in [0.1, 0.15) is 28.4 Å². The van der Waals surface area contributed by atoms with Gasteiger partial charge in [-0.25, -0.2) is 0 Å². The van der Waals surface area contributed by atoms with Gasteiger partial charge in [-0.2, -0.15) is 0 Å². The van der Waals surface area contributed by atoms with Crippen LogP contribution in [-0.4, -0.2) is 12.2 Å². The van der Waals surface area contributed by atoms with Crippen molar-refractivity contribution in [1.82, 2.24) is 0 Å². The van der Waals surface area contributed by atoms with E-state index in [-0.39, 0.29) is 0 Å². The number of halogens is 1. The van der Waals surface area contributed by atoms with E-state index < -0.39 is 6.10 Å². The summed E-state index contributed by atoms with van der Waals surface area (Å²) < 4.78 is 6.19. The summed E-state index contributed by atoms with van der Waals surface area (Å²) in [6, 6.07) is 11.6. The number of ether oxygens (including phenoxy) is 1. The molecule has 2 aromatic rings. The molecule has 0 aliphatic heterocycles. The Morgan fingerprint density at radius 3 is 2.37 bits per heavy atom. The summed E-state index contributed by atoms with van der Waals surface area (Å²) in [5.74, 6) is 0.804. The lowest BCUT2D eigenvalue weighted by Crippen LogP contribution is -2.02. The Kier molecular flexibility index (Phi) is 4.27. The zero-order chi connectivity index (χ0) is 14.0. The third-order valence-corrected chi connectivity index (χ3v) is 4.14. The maximum atomic E-state index is 10.5. The van der Waals surface area contributed by atoms with Gasteiger partial charge in [0.1, 0.15) is 11.9 Å². The molecule has 0 fully saturated rings. The van der Waals surface area contributed by atoms with E-state index in [1.165, 1.54) is 0 Å². The summed E-state index contributed by atoms with van der Waals surface area (Å²) in [6.07, 6.45) is -0.622. The first kappa shape index (κ1) is 14.1. The Morgan fingerprint density at radius 1 is 1.05 bits per heavy atom. The molecule has 0 radical (unpaired) electrons. The second-order valence-electron chi connectivity index (χ2n) is 4.63. The van der Waals surface area contributed by atoms with Gasteiger partial charge in [-0.1, -0.05) is 34.1 Å². The van der Waals surface area contributed by atoms with E-state index in [4.69, 9.17) is 4.74 Å². The lowest BCUT2D eigenvalue weighted by atomic mass is 9.97. The molecule has 0 heterocycles. The number of aliphatic hydroxyl groups is 1. The number of rotatable bonds is 3. The maximum Gasteiger partial charge on any atom is 0.119 e. The van der Waals surface area contributed by atoms with Crippen molar-refractivity contribution in [3.63, 3.8) is 0 Å². The average molecular weight is 321 g/mol. The molecule has 1 atom stereocenters. The Balaban J connectivity index is 2.38. The van der Waals surface area contributed by atoms with Gasteiger partial charge in [-0.05, 0) is 54.3 Å². The van der Waals surface area contributed by atoms with Crippen molar-refractivity contribution in [3.8, 4) is 5.75 Å². The fourth-order valence-corrected chi connectivity index (χ4v) is 2.44. The number of hydrogen-bond donors (Lipinski definition) is 1. The normalized spacial score (nSPS) is 12.3. The van der Waals surface area contributed by atoms with Crippen molar-refractivity contribution in [2.75, 3.05) is 7.11 Å². The van der Waals surface area contributed by atoms with Crippen LogP contribution < -0.4 is 4.74 Å². The van der Waals surface area contributed by atoms with E-state index in [0.29, 0.717) is 0 Å². The van der Waals surface area contributed by atoms with Gasteiger partial charge in [0, 0.05) is 4.47 Å². The Hall–Kier alpha value is -1.32. The van der Waals surface area contributed by atoms with E-state index >= 15 is 0 Å². The first-order valence-electron chi connectivity index (χ1n) is 6.11. The van der Waals surface area contributed by atoms with E-state index in [1.807, 2.05) is 50.2 Å². The molecule has 2 nitrogen and oxygen atoms in total. The molecule has 0 aromatic heterocycles. The molecule has 0 bridgehead atoms. The smallest absolute Gasteiger partial charge is 0.119 e. The van der Waals surface area contributed by atoms with Gasteiger partial charge in [0.05, 0.1) is 7.11 Å². The molecule has 2 rings (SSSR count). The Bertz CT molecular complexity index is 593. The molecule has 0 amide bonds. The quantitative estimate of drug-likeness (QED) is 0.920. The van der Waals surface area contributed by atoms with E-state index in [0.717, 1.165) is 32.5 Å². The molecule has 1 N–H and O–H groups in total. The molecule has 1 unspecified atom stereocenters. The van der Waals surface area contributed by atoms with Crippen molar-refractivity contribution in [1.29, 1.82) is 0 Å². The van der Waals surface area contributed by atoms with Crippen molar-refractivity contribution in [2.24, 2.45) is 0 Å². The van der Waals surface area contributed by atoms with Crippen LogP contribution in [0.5, 0.6) is 5.75 Å². The summed E-state index contributed by atoms with van der Waals surface area (Å²) in [5.41, 5.74) is 3.95. The standard InChI is InChI=1S/C16H17BrO2/c1-10-4-5-12(9-15(10)17)16(18)14-7-6-13(19-3)8-11(14)2/h4-9,16,18H,1-3H3. The van der Waals surface area contributed by atoms with Gasteiger partial charge >= 0.3 is 0 Å². The van der Waals surface area contributed by atoms with Crippen molar-refractivity contribution < 1.29 is 9.84 Å². The van der Waals surface area contributed by atoms with Crippen LogP contribution in [0.25, 0.3) is 0 Å². The predicted octanol–water partition coefficient (Wildman–Crippen LogP) is 4.16. The fourth-order valence-electron chi connectivity index (χ4n) is 2.04. The van der Waals surface area contributed by atoms with Crippen LogP contribution in [0.15, 0.2) is 40.9 Å². The molecule has 100 valence electrons. The van der Waals surface area contributed by atoms with E-state index in [2.05, 4.69) is 15.9 Å². The van der Waals surface area contributed by atoms with E-state index in [9.17, 15) is 5.11 Å². The zero-order valence-corrected chi connectivity index (χ0v) is 12.9. The maximum absolute atomic E-state index is 10.5. The van der Waals surface area contributed by atoms with Gasteiger partial charge in [0.25, 0.3) is 0 Å². The molecule has 0 aliphatic rings. The van der Waals surface area contributed by atoms with Crippen molar-refractivity contribution >= 4 is 15.9 Å². The Labute approximate surface area is 122 Å². The summed E-state index contributed by atoms with van der Waals surface area (Å²) >= 11 is 3.50. The van der Waals surface area contributed by atoms with Crippen LogP contribution in [0.3, 0.4) is 0 Å². The van der Waals surface area contributed by atoms with Gasteiger partial charge in [0.15, 0.2) is 0 Å². The highest BCUT2D eigenvalue weighted by molar-refractivity contribution is 9.10. The minimum atomic E-state index is -0.622. The van der Waals surface area contributed by atoms with Gasteiger partial charge in [-0.3, -0.25) is 0 Å². The summed E-state index contributed by atoms with van der Waals surface area (Å²) in [7, 11) is 1.64. The lowest BCUT2D eigenvalue weighted by Gasteiger charge is -2.16. The number of methoxy groups -OCH3 is 1. The largest absolute Gasteiger partial charge is 0.497 e. The highest BCUT2D eigenvalue weighted by atomic mass is 79.9. The Morgan fingerprint density at radius 2 is 1.79 bits per heavy atom. The first-order chi connectivity index (χ1) is 9.02. The third-order valence-electron chi connectivity index (χ3n) is 3.28. The predicted molar refractivity (Wildman–Crippen MR) is 80.7 cm³/mol. The van der Waals surface area contributed by atoms with Crippen LogP contribution in [-0.2, 0) is 0 Å². The van der Waals surface area contributed by atoms with Crippen LogP contribution in [0.4, 0.5) is 0 Å². The SMILES string of the molecule is COc1ccc(C(O)c2ccc(C)c(Br)c2)c(C)c1. The highest BCUT2D eigenvalue weighted by Crippen LogP contribution is 2.29. The number of aryl methyl sites for hydroxylation is 2. The van der Waals surface area contributed by atoms with Crippen LogP contribution in [0, 0.1) is 13.8 Å². The van der Waals surface area contributed by atoms with Gasteiger partial charge in [0.2, 0.25) is 0 Å². The van der Waals surface area contributed by atoms with Crippen LogP contribution >= 0.6 is 15.9 Å². The van der Waals surface area contributed by atoms with Crippen molar-refractivity contribution in [3.05, 3.63) is 63.1 Å². The summed E-state index contributed by atoms with van der Waals surface area (Å²) in [4.78, 5) is 0. The number of aliphatic hydroxyl groups excluding tert-OH is 1. The highest BCUT2D eigenvalue weighted by Gasteiger charge is 2.14. The monoisotopic (exact) mass is 320 g/mol. The fraction of sp³-hybridized carbons (Fsp3) is 0.250. The molecule has 0 saturated carbocycles. The molecule has 0 saturated heterocycles. The average Bonchev–Trinajstić information content (AvgIpc) is 2.41. The molecule has 0 spiro atoms. The molecular weight excluding hydrogens is 304 g/mol.